The van der Waals surface area contributed by atoms with Crippen molar-refractivity contribution in [3.05, 3.63) is 17.7 Å². The Morgan fingerprint density at radius 3 is 2.84 bits per heavy atom. The lowest BCUT2D eigenvalue weighted by atomic mass is 10.3. The molecule has 5 nitrogen and oxygen atoms in total. The standard InChI is InChI=1S/C12H18F2N4O/c1-18(4-5-19-7-8-2-3-8)12-10(14)6-9(13)11(16-12)17-15/h6,8H,2-5,7,15H2,1H3,(H,16,17). The maximum absolute atomic E-state index is 13.6. The summed E-state index contributed by atoms with van der Waals surface area (Å²) in [5.41, 5.74) is 2.10. The van der Waals surface area contributed by atoms with Gasteiger partial charge in [-0.15, -0.1) is 0 Å². The molecule has 0 amide bonds. The van der Waals surface area contributed by atoms with E-state index in [1.165, 1.54) is 12.8 Å². The van der Waals surface area contributed by atoms with Gasteiger partial charge in [0.1, 0.15) is 0 Å². The number of hydrazine groups is 1. The lowest BCUT2D eigenvalue weighted by Crippen LogP contribution is -2.26. The fourth-order valence-electron chi connectivity index (χ4n) is 1.67. The molecule has 0 saturated heterocycles. The molecular weight excluding hydrogens is 254 g/mol. The first-order chi connectivity index (χ1) is 9.11. The summed E-state index contributed by atoms with van der Waals surface area (Å²) in [5, 5.41) is 0. The highest BCUT2D eigenvalue weighted by Gasteiger charge is 2.21. The molecule has 1 saturated carbocycles. The maximum Gasteiger partial charge on any atom is 0.178 e. The average molecular weight is 272 g/mol. The fourth-order valence-corrected chi connectivity index (χ4v) is 1.67. The minimum Gasteiger partial charge on any atom is -0.379 e. The second-order valence-electron chi connectivity index (χ2n) is 4.71. The molecule has 1 aliphatic rings. The smallest absolute Gasteiger partial charge is 0.178 e. The number of hydrogen-bond acceptors (Lipinski definition) is 5. The average Bonchev–Trinajstić information content (AvgIpc) is 3.18. The fraction of sp³-hybridized carbons (Fsp3) is 0.583. The van der Waals surface area contributed by atoms with E-state index in [4.69, 9.17) is 10.6 Å². The summed E-state index contributed by atoms with van der Waals surface area (Å²) in [5.74, 6) is 4.14. The summed E-state index contributed by atoms with van der Waals surface area (Å²) in [6.45, 7) is 1.71. The largest absolute Gasteiger partial charge is 0.379 e. The first kappa shape index (κ1) is 14.0. The van der Waals surface area contributed by atoms with Crippen LogP contribution in [0, 0.1) is 17.6 Å². The van der Waals surface area contributed by atoms with Crippen molar-refractivity contribution in [2.75, 3.05) is 37.1 Å². The van der Waals surface area contributed by atoms with E-state index in [1.54, 1.807) is 11.9 Å². The predicted octanol–water partition coefficient (Wildman–Crippen LogP) is 1.51. The van der Waals surface area contributed by atoms with Gasteiger partial charge < -0.3 is 15.1 Å². The molecule has 0 atom stereocenters. The molecule has 1 aromatic heterocycles. The van der Waals surface area contributed by atoms with E-state index in [9.17, 15) is 8.78 Å². The van der Waals surface area contributed by atoms with Crippen LogP contribution >= 0.6 is 0 Å². The summed E-state index contributed by atoms with van der Waals surface area (Å²) < 4.78 is 32.3. The zero-order valence-electron chi connectivity index (χ0n) is 10.8. The van der Waals surface area contributed by atoms with Crippen molar-refractivity contribution in [1.82, 2.24) is 4.98 Å². The first-order valence-corrected chi connectivity index (χ1v) is 6.23. The minimum atomic E-state index is -0.817. The van der Waals surface area contributed by atoms with Crippen molar-refractivity contribution >= 4 is 11.6 Å². The van der Waals surface area contributed by atoms with Crippen LogP contribution < -0.4 is 16.2 Å². The number of nitrogens with one attached hydrogen (secondary N) is 1. The zero-order valence-corrected chi connectivity index (χ0v) is 10.8. The van der Waals surface area contributed by atoms with Crippen LogP contribution in [-0.2, 0) is 4.74 Å². The van der Waals surface area contributed by atoms with Gasteiger partial charge in [-0.3, -0.25) is 0 Å². The minimum absolute atomic E-state index is 0.0457. The van der Waals surface area contributed by atoms with Crippen molar-refractivity contribution < 1.29 is 13.5 Å². The maximum atomic E-state index is 13.6. The molecule has 1 aliphatic carbocycles. The van der Waals surface area contributed by atoms with Crippen molar-refractivity contribution in [2.24, 2.45) is 11.8 Å². The van der Waals surface area contributed by atoms with Crippen LogP contribution in [0.4, 0.5) is 20.4 Å². The van der Waals surface area contributed by atoms with Crippen molar-refractivity contribution in [3.63, 3.8) is 0 Å². The molecule has 2 rings (SSSR count). The van der Waals surface area contributed by atoms with Crippen LogP contribution in [0.2, 0.25) is 0 Å². The van der Waals surface area contributed by atoms with E-state index in [2.05, 4.69) is 10.4 Å². The molecule has 0 aromatic carbocycles. The van der Waals surface area contributed by atoms with Gasteiger partial charge in [0.15, 0.2) is 23.3 Å². The van der Waals surface area contributed by atoms with Gasteiger partial charge in [-0.25, -0.2) is 19.6 Å². The number of nitrogens with zero attached hydrogens (tertiary/aromatic N) is 2. The number of ether oxygens (including phenoxy) is 1. The molecule has 0 aliphatic heterocycles. The zero-order chi connectivity index (χ0) is 13.8. The Balaban J connectivity index is 1.90. The van der Waals surface area contributed by atoms with Crippen molar-refractivity contribution in [2.45, 2.75) is 12.8 Å². The van der Waals surface area contributed by atoms with Gasteiger partial charge in [-0.2, -0.15) is 0 Å². The molecule has 0 bridgehead atoms. The Morgan fingerprint density at radius 2 is 2.21 bits per heavy atom. The molecule has 1 fully saturated rings. The molecule has 0 radical (unpaired) electrons. The van der Waals surface area contributed by atoms with Gasteiger partial charge in [-0.1, -0.05) is 0 Å². The third-order valence-electron chi connectivity index (χ3n) is 3.03. The van der Waals surface area contributed by atoms with E-state index in [-0.39, 0.29) is 11.6 Å². The summed E-state index contributed by atoms with van der Waals surface area (Å²) in [7, 11) is 1.67. The molecule has 7 heteroatoms. The normalized spacial score (nSPS) is 14.5. The number of nitrogen functional groups attached to an aromatic ring is 1. The summed E-state index contributed by atoms with van der Waals surface area (Å²) in [6, 6.07) is 0.763. The van der Waals surface area contributed by atoms with E-state index in [0.717, 1.165) is 12.7 Å². The number of rotatable bonds is 7. The number of hydrogen-bond donors (Lipinski definition) is 2. The lowest BCUT2D eigenvalue weighted by Gasteiger charge is -2.19. The molecule has 0 unspecified atom stereocenters. The highest BCUT2D eigenvalue weighted by atomic mass is 19.1. The molecule has 0 spiro atoms. The quantitative estimate of drug-likeness (QED) is 0.447. The molecular formula is C12H18F2N4O. The van der Waals surface area contributed by atoms with Crippen LogP contribution in [0.5, 0.6) is 0 Å². The second kappa shape index (κ2) is 6.12. The highest BCUT2D eigenvalue weighted by molar-refractivity contribution is 5.48. The van der Waals surface area contributed by atoms with Gasteiger partial charge in [0, 0.05) is 26.3 Å². The van der Waals surface area contributed by atoms with Gasteiger partial charge in [0.2, 0.25) is 0 Å². The lowest BCUT2D eigenvalue weighted by molar-refractivity contribution is 0.130. The molecule has 19 heavy (non-hydrogen) atoms. The third kappa shape index (κ3) is 3.74. The molecule has 3 N–H and O–H groups in total. The summed E-state index contributed by atoms with van der Waals surface area (Å²) in [6.07, 6.45) is 2.46. The Bertz CT molecular complexity index is 440. The topological polar surface area (TPSA) is 63.4 Å². The number of pyridine rings is 1. The molecule has 106 valence electrons. The van der Waals surface area contributed by atoms with E-state index in [0.29, 0.717) is 19.1 Å². The van der Waals surface area contributed by atoms with Gasteiger partial charge in [0.05, 0.1) is 6.61 Å². The van der Waals surface area contributed by atoms with E-state index < -0.39 is 11.6 Å². The SMILES string of the molecule is CN(CCOCC1CC1)c1nc(NN)c(F)cc1F. The van der Waals surface area contributed by atoms with Crippen LogP contribution in [0.3, 0.4) is 0 Å². The van der Waals surface area contributed by atoms with Gasteiger partial charge in [0.25, 0.3) is 0 Å². The summed E-state index contributed by atoms with van der Waals surface area (Å²) >= 11 is 0. The number of anilines is 2. The van der Waals surface area contributed by atoms with E-state index in [1.807, 2.05) is 0 Å². The number of halogens is 2. The molecule has 1 aromatic rings. The second-order valence-corrected chi connectivity index (χ2v) is 4.71. The Kier molecular flexibility index (Phi) is 4.49. The van der Waals surface area contributed by atoms with Crippen LogP contribution in [-0.4, -0.2) is 31.8 Å². The number of nitrogens with two attached hydrogens (primary N) is 1. The monoisotopic (exact) mass is 272 g/mol. The van der Waals surface area contributed by atoms with Crippen molar-refractivity contribution in [1.29, 1.82) is 0 Å². The van der Waals surface area contributed by atoms with Crippen LogP contribution in [0.1, 0.15) is 12.8 Å². The molecule has 1 heterocycles. The van der Waals surface area contributed by atoms with Gasteiger partial charge >= 0.3 is 0 Å². The highest BCUT2D eigenvalue weighted by Crippen LogP contribution is 2.28. The summed E-state index contributed by atoms with van der Waals surface area (Å²) in [4.78, 5) is 5.37. The third-order valence-corrected chi connectivity index (χ3v) is 3.03. The Hall–Kier alpha value is -1.47. The Labute approximate surface area is 110 Å². The predicted molar refractivity (Wildman–Crippen MR) is 68.8 cm³/mol. The number of aromatic nitrogens is 1. The number of likely N-dealkylation sites (N-methyl/N-ethyl adjacent to an activating group) is 1. The van der Waals surface area contributed by atoms with Crippen LogP contribution in [0.15, 0.2) is 6.07 Å². The van der Waals surface area contributed by atoms with Gasteiger partial charge in [-0.05, 0) is 18.8 Å². The first-order valence-electron chi connectivity index (χ1n) is 6.23. The van der Waals surface area contributed by atoms with E-state index >= 15 is 0 Å². The Morgan fingerprint density at radius 1 is 1.47 bits per heavy atom. The van der Waals surface area contributed by atoms with Crippen molar-refractivity contribution in [3.8, 4) is 0 Å². The van der Waals surface area contributed by atoms with Crippen LogP contribution in [0.25, 0.3) is 0 Å².